The first-order valence-corrected chi connectivity index (χ1v) is 12.0. The summed E-state index contributed by atoms with van der Waals surface area (Å²) in [6, 6.07) is 10.2. The van der Waals surface area contributed by atoms with E-state index in [-0.39, 0.29) is 16.4 Å². The zero-order valence-corrected chi connectivity index (χ0v) is 20.0. The van der Waals surface area contributed by atoms with Crippen molar-refractivity contribution in [2.45, 2.75) is 6.54 Å². The second kappa shape index (κ2) is 11.1. The Morgan fingerprint density at radius 3 is 2.31 bits per heavy atom. The molecule has 0 spiro atoms. The zero-order valence-electron chi connectivity index (χ0n) is 19.2. The quantitative estimate of drug-likeness (QED) is 0.540. The molecule has 35 heavy (non-hydrogen) atoms. The number of rotatable bonds is 7. The van der Waals surface area contributed by atoms with Crippen LogP contribution < -0.4 is 0 Å². The number of carbonyl (C=O) groups excluding carboxylic acids is 3. The summed E-state index contributed by atoms with van der Waals surface area (Å²) in [5, 5.41) is -0.597. The maximum atomic E-state index is 14.0. The second-order valence-corrected chi connectivity index (χ2v) is 9.21. The third-order valence-electron chi connectivity index (χ3n) is 5.98. The Labute approximate surface area is 206 Å². The van der Waals surface area contributed by atoms with E-state index in [4.69, 9.17) is 4.74 Å². The molecule has 7 nitrogen and oxygen atoms in total. The molecule has 0 radical (unpaired) electrons. The molecule has 2 aliphatic rings. The van der Waals surface area contributed by atoms with Crippen LogP contribution in [0, 0.1) is 11.6 Å². The molecule has 10 heteroatoms. The van der Waals surface area contributed by atoms with Gasteiger partial charge in [0.2, 0.25) is 0 Å². The Bertz CT molecular complexity index is 1130. The lowest BCUT2D eigenvalue weighted by molar-refractivity contribution is -0.123. The van der Waals surface area contributed by atoms with Crippen molar-refractivity contribution in [1.29, 1.82) is 0 Å². The van der Waals surface area contributed by atoms with Gasteiger partial charge in [0.1, 0.15) is 11.6 Å². The summed E-state index contributed by atoms with van der Waals surface area (Å²) in [7, 11) is 1.67. The summed E-state index contributed by atoms with van der Waals surface area (Å²) in [6.07, 6.45) is 1.53. The topological polar surface area (TPSA) is 70.2 Å². The van der Waals surface area contributed by atoms with E-state index in [0.717, 1.165) is 36.7 Å². The first-order valence-electron chi connectivity index (χ1n) is 11.2. The number of thioether (sulfide) groups is 1. The van der Waals surface area contributed by atoms with Crippen LogP contribution >= 0.6 is 11.8 Å². The van der Waals surface area contributed by atoms with Crippen LogP contribution in [0.3, 0.4) is 0 Å². The smallest absolute Gasteiger partial charge is 0.293 e. The maximum absolute atomic E-state index is 14.0. The van der Waals surface area contributed by atoms with E-state index >= 15 is 0 Å². The first kappa shape index (κ1) is 25.0. The maximum Gasteiger partial charge on any atom is 0.293 e. The molecular weight excluding hydrogens is 476 g/mol. The minimum atomic E-state index is -0.815. The summed E-state index contributed by atoms with van der Waals surface area (Å²) in [5.74, 6) is -2.31. The van der Waals surface area contributed by atoms with Crippen molar-refractivity contribution in [2.24, 2.45) is 0 Å². The van der Waals surface area contributed by atoms with Crippen LogP contribution in [0.25, 0.3) is 6.08 Å². The molecule has 0 aliphatic carbocycles. The highest BCUT2D eigenvalue weighted by atomic mass is 32.2. The number of hydrogen-bond acceptors (Lipinski definition) is 6. The number of benzene rings is 2. The van der Waals surface area contributed by atoms with Crippen molar-refractivity contribution >= 4 is 34.9 Å². The number of amides is 3. The molecule has 2 fully saturated rings. The third kappa shape index (κ3) is 5.77. The van der Waals surface area contributed by atoms with Gasteiger partial charge in [-0.15, -0.1) is 0 Å². The number of methoxy groups -OCH3 is 1. The zero-order chi connectivity index (χ0) is 24.9. The molecule has 2 saturated heterocycles. The molecule has 184 valence electrons. The van der Waals surface area contributed by atoms with E-state index < -0.39 is 29.3 Å². The number of imide groups is 1. The van der Waals surface area contributed by atoms with Gasteiger partial charge in [0, 0.05) is 51.0 Å². The molecule has 2 aliphatic heterocycles. The van der Waals surface area contributed by atoms with Gasteiger partial charge < -0.3 is 9.64 Å². The van der Waals surface area contributed by atoms with E-state index in [1.807, 2.05) is 4.90 Å². The van der Waals surface area contributed by atoms with E-state index in [1.54, 1.807) is 31.4 Å². The van der Waals surface area contributed by atoms with E-state index in [0.29, 0.717) is 42.6 Å². The van der Waals surface area contributed by atoms with Crippen LogP contribution in [0.4, 0.5) is 13.6 Å². The predicted octanol–water partition coefficient (Wildman–Crippen LogP) is 3.61. The average Bonchev–Trinajstić information content (AvgIpc) is 3.12. The van der Waals surface area contributed by atoms with Crippen LogP contribution in [0.5, 0.6) is 0 Å². The normalized spacial score (nSPS) is 18.1. The second-order valence-electron chi connectivity index (χ2n) is 8.22. The van der Waals surface area contributed by atoms with Crippen LogP contribution in [-0.4, -0.2) is 78.2 Å². The molecular formula is C25H25F2N3O4S. The van der Waals surface area contributed by atoms with Gasteiger partial charge in [0.15, 0.2) is 0 Å². The Morgan fingerprint density at radius 2 is 1.69 bits per heavy atom. The Kier molecular flexibility index (Phi) is 7.94. The minimum absolute atomic E-state index is 0.0600. The summed E-state index contributed by atoms with van der Waals surface area (Å²) in [4.78, 5) is 42.9. The van der Waals surface area contributed by atoms with Crippen molar-refractivity contribution in [3.8, 4) is 0 Å². The SMILES string of the molecule is COCCN1CCN(C(=O)c2ccc(C=C3SC(=O)N(Cc4c(F)cccc4F)C3=O)cc2)CC1. The molecule has 0 bridgehead atoms. The molecule has 2 aromatic rings. The highest BCUT2D eigenvalue weighted by molar-refractivity contribution is 8.18. The van der Waals surface area contributed by atoms with Gasteiger partial charge in [-0.1, -0.05) is 18.2 Å². The fourth-order valence-corrected chi connectivity index (χ4v) is 4.77. The first-order chi connectivity index (χ1) is 16.9. The summed E-state index contributed by atoms with van der Waals surface area (Å²) in [6.45, 7) is 3.88. The van der Waals surface area contributed by atoms with E-state index in [2.05, 4.69) is 4.90 Å². The van der Waals surface area contributed by atoms with Gasteiger partial charge in [0.25, 0.3) is 17.1 Å². The number of nitrogens with zero attached hydrogens (tertiary/aromatic N) is 3. The number of carbonyl (C=O) groups is 3. The van der Waals surface area contributed by atoms with Gasteiger partial charge in [-0.3, -0.25) is 24.2 Å². The Balaban J connectivity index is 1.39. The summed E-state index contributed by atoms with van der Waals surface area (Å²) >= 11 is 0.711. The van der Waals surface area contributed by atoms with Crippen LogP contribution in [0.1, 0.15) is 21.5 Å². The molecule has 0 saturated carbocycles. The number of ether oxygens (including phenoxy) is 1. The van der Waals surface area contributed by atoms with Gasteiger partial charge in [-0.25, -0.2) is 8.78 Å². The van der Waals surface area contributed by atoms with Crippen LogP contribution in [-0.2, 0) is 16.1 Å². The summed E-state index contributed by atoms with van der Waals surface area (Å²) in [5.41, 5.74) is 0.836. The molecule has 0 N–H and O–H groups in total. The van der Waals surface area contributed by atoms with Crippen molar-refractivity contribution in [2.75, 3.05) is 46.4 Å². The highest BCUT2D eigenvalue weighted by Gasteiger charge is 2.36. The molecule has 2 heterocycles. The van der Waals surface area contributed by atoms with Crippen molar-refractivity contribution in [3.05, 3.63) is 75.7 Å². The van der Waals surface area contributed by atoms with E-state index in [9.17, 15) is 23.2 Å². The van der Waals surface area contributed by atoms with Crippen molar-refractivity contribution in [3.63, 3.8) is 0 Å². The van der Waals surface area contributed by atoms with Gasteiger partial charge in [-0.05, 0) is 47.7 Å². The minimum Gasteiger partial charge on any atom is -0.383 e. The number of halogens is 2. The van der Waals surface area contributed by atoms with Crippen LogP contribution in [0.2, 0.25) is 0 Å². The lowest BCUT2D eigenvalue weighted by Crippen LogP contribution is -2.49. The fourth-order valence-electron chi connectivity index (χ4n) is 3.93. The van der Waals surface area contributed by atoms with Crippen molar-refractivity contribution in [1.82, 2.24) is 14.7 Å². The Hall–Kier alpha value is -3.08. The molecule has 3 amide bonds. The predicted molar refractivity (Wildman–Crippen MR) is 129 cm³/mol. The largest absolute Gasteiger partial charge is 0.383 e. The number of hydrogen-bond donors (Lipinski definition) is 0. The van der Waals surface area contributed by atoms with Gasteiger partial charge in [-0.2, -0.15) is 0 Å². The molecule has 4 rings (SSSR count). The molecule has 0 unspecified atom stereocenters. The van der Waals surface area contributed by atoms with Crippen molar-refractivity contribution < 1.29 is 27.9 Å². The fraction of sp³-hybridized carbons (Fsp3) is 0.320. The van der Waals surface area contributed by atoms with E-state index in [1.165, 1.54) is 12.1 Å². The average molecular weight is 502 g/mol. The Morgan fingerprint density at radius 1 is 1.03 bits per heavy atom. The van der Waals surface area contributed by atoms with Gasteiger partial charge >= 0.3 is 0 Å². The molecule has 0 aromatic heterocycles. The number of piperazine rings is 1. The molecule has 0 atom stereocenters. The van der Waals surface area contributed by atoms with Crippen LogP contribution in [0.15, 0.2) is 47.4 Å². The lowest BCUT2D eigenvalue weighted by Gasteiger charge is -2.34. The summed E-state index contributed by atoms with van der Waals surface area (Å²) < 4.78 is 33.0. The monoisotopic (exact) mass is 501 g/mol. The lowest BCUT2D eigenvalue weighted by atomic mass is 10.1. The standard InChI is InChI=1S/C25H25F2N3O4S/c1-34-14-13-28-9-11-29(12-10-28)23(31)18-7-5-17(6-8-18)15-22-24(32)30(25(33)35-22)16-19-20(26)3-2-4-21(19)27/h2-8,15H,9-14,16H2,1H3. The van der Waals surface area contributed by atoms with Gasteiger partial charge in [0.05, 0.1) is 18.1 Å². The molecule has 2 aromatic carbocycles. The third-order valence-corrected chi connectivity index (χ3v) is 6.89. The highest BCUT2D eigenvalue weighted by Crippen LogP contribution is 2.34.